The molecule has 19 heavy (non-hydrogen) atoms. The van der Waals surface area contributed by atoms with Gasteiger partial charge in [-0.25, -0.2) is 4.98 Å². The van der Waals surface area contributed by atoms with Crippen LogP contribution in [0.25, 0.3) is 4.96 Å². The van der Waals surface area contributed by atoms with Crippen LogP contribution in [0.3, 0.4) is 0 Å². The van der Waals surface area contributed by atoms with E-state index >= 15 is 0 Å². The van der Waals surface area contributed by atoms with Crippen molar-refractivity contribution in [1.82, 2.24) is 9.38 Å². The zero-order valence-electron chi connectivity index (χ0n) is 11.3. The van der Waals surface area contributed by atoms with Crippen LogP contribution in [-0.2, 0) is 6.42 Å². The Balaban J connectivity index is 1.78. The number of hydrogen-bond donors (Lipinski definition) is 1. The van der Waals surface area contributed by atoms with Crippen LogP contribution in [0.4, 0.5) is 0 Å². The number of nitrogens with zero attached hydrogens (tertiary/aromatic N) is 2. The highest BCUT2D eigenvalue weighted by atomic mass is 32.2. The van der Waals surface area contributed by atoms with E-state index in [0.717, 1.165) is 17.3 Å². The van der Waals surface area contributed by atoms with Gasteiger partial charge in [-0.2, -0.15) is 0 Å². The van der Waals surface area contributed by atoms with Gasteiger partial charge in [0.05, 0.1) is 5.69 Å². The molecule has 0 aliphatic heterocycles. The van der Waals surface area contributed by atoms with E-state index in [4.69, 9.17) is 10.7 Å². The second-order valence-corrected chi connectivity index (χ2v) is 7.44. The molecule has 1 aliphatic rings. The molecular weight excluding hydrogens is 274 g/mol. The van der Waals surface area contributed by atoms with E-state index in [0.29, 0.717) is 0 Å². The number of thioether (sulfide) groups is 1. The Bertz CT molecular complexity index is 538. The summed E-state index contributed by atoms with van der Waals surface area (Å²) in [5.74, 6) is 2.12. The smallest absolute Gasteiger partial charge is 0.194 e. The molecule has 2 aromatic heterocycles. The summed E-state index contributed by atoms with van der Waals surface area (Å²) >= 11 is 3.64. The Kier molecular flexibility index (Phi) is 4.15. The summed E-state index contributed by atoms with van der Waals surface area (Å²) in [5.41, 5.74) is 7.28. The van der Waals surface area contributed by atoms with Crippen LogP contribution in [0.1, 0.15) is 38.3 Å². The van der Waals surface area contributed by atoms with Gasteiger partial charge in [0.1, 0.15) is 5.03 Å². The van der Waals surface area contributed by atoms with Crippen molar-refractivity contribution in [3.63, 3.8) is 0 Å². The largest absolute Gasteiger partial charge is 0.328 e. The quantitative estimate of drug-likeness (QED) is 0.858. The second kappa shape index (κ2) is 5.85. The minimum absolute atomic E-state index is 0.186. The maximum Gasteiger partial charge on any atom is 0.194 e. The third kappa shape index (κ3) is 2.98. The van der Waals surface area contributed by atoms with Crippen LogP contribution in [0.2, 0.25) is 0 Å². The van der Waals surface area contributed by atoms with Crippen molar-refractivity contribution in [1.29, 1.82) is 0 Å². The minimum atomic E-state index is 0.186. The third-order valence-corrected chi connectivity index (χ3v) is 5.77. The minimum Gasteiger partial charge on any atom is -0.328 e. The Morgan fingerprint density at radius 3 is 3.05 bits per heavy atom. The maximum atomic E-state index is 5.98. The van der Waals surface area contributed by atoms with Crippen molar-refractivity contribution in [3.8, 4) is 0 Å². The van der Waals surface area contributed by atoms with Gasteiger partial charge in [-0.1, -0.05) is 12.8 Å². The van der Waals surface area contributed by atoms with E-state index in [1.54, 1.807) is 11.3 Å². The van der Waals surface area contributed by atoms with Crippen molar-refractivity contribution in [2.24, 2.45) is 11.7 Å². The molecule has 0 amide bonds. The first-order valence-corrected chi connectivity index (χ1v) is 8.93. The first-order valence-electron chi connectivity index (χ1n) is 7.07. The lowest BCUT2D eigenvalue weighted by atomic mass is 10.1. The number of imidazole rings is 1. The highest BCUT2D eigenvalue weighted by Gasteiger charge is 2.19. The fourth-order valence-corrected chi connectivity index (χ4v) is 4.81. The zero-order valence-corrected chi connectivity index (χ0v) is 13.0. The summed E-state index contributed by atoms with van der Waals surface area (Å²) in [6.45, 7) is 2.07. The van der Waals surface area contributed by atoms with Crippen LogP contribution in [-0.4, -0.2) is 21.2 Å². The first-order chi connectivity index (χ1) is 9.24. The van der Waals surface area contributed by atoms with Gasteiger partial charge in [-0.15, -0.1) is 23.1 Å². The van der Waals surface area contributed by atoms with Crippen molar-refractivity contribution in [2.75, 3.05) is 5.75 Å². The van der Waals surface area contributed by atoms with Crippen LogP contribution in [0.15, 0.2) is 16.6 Å². The molecule has 5 heteroatoms. The number of hydrogen-bond acceptors (Lipinski definition) is 4. The van der Waals surface area contributed by atoms with E-state index in [-0.39, 0.29) is 6.04 Å². The fraction of sp³-hybridized carbons (Fsp3) is 0.643. The lowest BCUT2D eigenvalue weighted by Crippen LogP contribution is -2.19. The molecule has 3 nitrogen and oxygen atoms in total. The molecule has 1 saturated carbocycles. The van der Waals surface area contributed by atoms with Gasteiger partial charge in [0.25, 0.3) is 0 Å². The number of nitrogens with two attached hydrogens (primary N) is 1. The molecule has 0 aromatic carbocycles. The molecule has 0 radical (unpaired) electrons. The van der Waals surface area contributed by atoms with Gasteiger partial charge in [-0.05, 0) is 25.7 Å². The molecule has 1 unspecified atom stereocenters. The van der Waals surface area contributed by atoms with E-state index < -0.39 is 0 Å². The zero-order chi connectivity index (χ0) is 13.2. The summed E-state index contributed by atoms with van der Waals surface area (Å²) < 4.78 is 2.21. The van der Waals surface area contributed by atoms with E-state index in [1.807, 2.05) is 11.8 Å². The molecule has 3 rings (SSSR count). The average molecular weight is 295 g/mol. The normalized spacial score (nSPS) is 18.4. The second-order valence-electron chi connectivity index (χ2n) is 5.56. The molecule has 1 aliphatic carbocycles. The van der Waals surface area contributed by atoms with E-state index in [9.17, 15) is 0 Å². The SMILES string of the molecule is CC(N)Cc1c(SCC2CCCC2)nc2sccn12. The molecule has 0 bridgehead atoms. The van der Waals surface area contributed by atoms with E-state index in [1.165, 1.54) is 42.2 Å². The Hall–Kier alpha value is -0.520. The summed E-state index contributed by atoms with van der Waals surface area (Å²) in [5, 5.41) is 3.30. The molecule has 1 fully saturated rings. The predicted octanol–water partition coefficient (Wildman–Crippen LogP) is 3.57. The standard InChI is InChI=1S/C14H21N3S2/c1-10(15)8-12-13(16-14-17(12)6-7-18-14)19-9-11-4-2-3-5-11/h6-7,10-11H,2-5,8-9,15H2,1H3. The average Bonchev–Trinajstić information content (AvgIpc) is 3.05. The Labute approximate surface area is 122 Å². The number of rotatable bonds is 5. The van der Waals surface area contributed by atoms with Crippen molar-refractivity contribution in [2.45, 2.75) is 50.1 Å². The maximum absolute atomic E-state index is 5.98. The third-order valence-electron chi connectivity index (χ3n) is 3.77. The highest BCUT2D eigenvalue weighted by Crippen LogP contribution is 2.33. The van der Waals surface area contributed by atoms with Crippen molar-refractivity contribution < 1.29 is 0 Å². The summed E-state index contributed by atoms with van der Waals surface area (Å²) in [6, 6.07) is 0.186. The fourth-order valence-electron chi connectivity index (χ4n) is 2.79. The number of fused-ring (bicyclic) bond motifs is 1. The summed E-state index contributed by atoms with van der Waals surface area (Å²) in [7, 11) is 0. The molecule has 104 valence electrons. The summed E-state index contributed by atoms with van der Waals surface area (Å²) in [4.78, 5) is 5.88. The molecule has 2 N–H and O–H groups in total. The van der Waals surface area contributed by atoms with Gasteiger partial charge in [0.2, 0.25) is 0 Å². The van der Waals surface area contributed by atoms with Gasteiger partial charge in [0.15, 0.2) is 4.96 Å². The predicted molar refractivity (Wildman–Crippen MR) is 83.1 cm³/mol. The molecule has 1 atom stereocenters. The van der Waals surface area contributed by atoms with Crippen molar-refractivity contribution in [3.05, 3.63) is 17.3 Å². The Morgan fingerprint density at radius 1 is 1.53 bits per heavy atom. The van der Waals surface area contributed by atoms with Gasteiger partial charge >= 0.3 is 0 Å². The molecular formula is C14H21N3S2. The number of thiazole rings is 1. The van der Waals surface area contributed by atoms with Gasteiger partial charge < -0.3 is 5.73 Å². The van der Waals surface area contributed by atoms with Crippen LogP contribution in [0, 0.1) is 5.92 Å². The molecule has 2 heterocycles. The molecule has 0 spiro atoms. The lowest BCUT2D eigenvalue weighted by Gasteiger charge is -2.09. The Morgan fingerprint density at radius 2 is 2.32 bits per heavy atom. The monoisotopic (exact) mass is 295 g/mol. The first kappa shape index (κ1) is 13.5. The highest BCUT2D eigenvalue weighted by molar-refractivity contribution is 7.99. The summed E-state index contributed by atoms with van der Waals surface area (Å²) in [6.07, 6.45) is 8.65. The van der Waals surface area contributed by atoms with Crippen LogP contribution < -0.4 is 5.73 Å². The molecule has 2 aromatic rings. The molecule has 0 saturated heterocycles. The van der Waals surface area contributed by atoms with Crippen molar-refractivity contribution >= 4 is 28.1 Å². The lowest BCUT2D eigenvalue weighted by molar-refractivity contribution is 0.622. The van der Waals surface area contributed by atoms with E-state index in [2.05, 4.69) is 22.9 Å². The number of aromatic nitrogens is 2. The topological polar surface area (TPSA) is 43.3 Å². The van der Waals surface area contributed by atoms with Gasteiger partial charge in [0, 0.05) is 29.8 Å². The van der Waals surface area contributed by atoms with Gasteiger partial charge in [-0.3, -0.25) is 4.40 Å². The van der Waals surface area contributed by atoms with Crippen LogP contribution >= 0.6 is 23.1 Å². The van der Waals surface area contributed by atoms with Crippen LogP contribution in [0.5, 0.6) is 0 Å².